The van der Waals surface area contributed by atoms with Crippen molar-refractivity contribution in [2.75, 3.05) is 0 Å². The van der Waals surface area contributed by atoms with E-state index >= 15 is 0 Å². The zero-order valence-electron chi connectivity index (χ0n) is 44.2. The minimum Gasteiger partial charge on any atom is -0.744 e. The maximum Gasteiger partial charge on any atom is 2.00 e. The molecule has 0 spiro atoms. The molecule has 0 aliphatic rings. The van der Waals surface area contributed by atoms with E-state index in [1.165, 1.54) is 178 Å². The summed E-state index contributed by atoms with van der Waals surface area (Å²) < 4.78 is 72.4. The minimum atomic E-state index is -4.51. The number of aryl methyl sites for hydroxylation is 4. The van der Waals surface area contributed by atoms with Gasteiger partial charge in [0.15, 0.2) is 0 Å². The molecule has 0 radical (unpaired) electrons. The van der Waals surface area contributed by atoms with E-state index in [-0.39, 0.29) is 47.5 Å². The van der Waals surface area contributed by atoms with Gasteiger partial charge in [-0.2, -0.15) is 0 Å². The fraction of sp³-hybridized carbons (Fsp3) is 0.667. The van der Waals surface area contributed by atoms with Crippen LogP contribution in [0, 0.1) is 0 Å². The molecule has 69 heavy (non-hydrogen) atoms. The fourth-order valence-corrected chi connectivity index (χ4v) is 11.5. The van der Waals surface area contributed by atoms with Crippen molar-refractivity contribution in [3.05, 3.63) is 82.9 Å². The number of benzene rings is 4. The average molecular weight is 1020 g/mol. The Morgan fingerprint density at radius 3 is 0.783 bits per heavy atom. The van der Waals surface area contributed by atoms with Gasteiger partial charge in [0.25, 0.3) is 0 Å². The van der Waals surface area contributed by atoms with Crippen LogP contribution in [-0.4, -0.2) is 63.7 Å². The quantitative estimate of drug-likeness (QED) is 0.0251. The van der Waals surface area contributed by atoms with Crippen molar-refractivity contribution in [3.8, 4) is 0 Å². The zero-order valence-corrected chi connectivity index (χ0v) is 48.0. The van der Waals surface area contributed by atoms with Crippen molar-refractivity contribution in [1.82, 2.24) is 0 Å². The third-order valence-electron chi connectivity index (χ3n) is 14.1. The largest absolute Gasteiger partial charge is 2.00 e. The zero-order chi connectivity index (χ0) is 49.3. The maximum atomic E-state index is 12.1. The number of rotatable bonds is 38. The number of unbranched alkanes of at least 4 members (excludes halogenated alkanes) is 28. The van der Waals surface area contributed by atoms with Gasteiger partial charge in [0.05, 0.1) is 9.79 Å². The summed E-state index contributed by atoms with van der Waals surface area (Å²) in [6, 6.07) is 18.9. The normalized spacial score (nSPS) is 11.8. The third-order valence-corrected chi connectivity index (χ3v) is 15.9. The SMILES string of the molecule is CCCCCCCCCCc1ccc(S(=O)(=O)[O-])c2c(CCCCCCCCCC)cccc12.CCCCCCCCCCc1ccc(S(=O)(=O)[O-])c2c(CCCCCCCCCC)cccc12.[Ca+2]. The molecule has 0 amide bonds. The molecule has 0 bridgehead atoms. The van der Waals surface area contributed by atoms with Crippen molar-refractivity contribution in [2.45, 2.75) is 269 Å². The van der Waals surface area contributed by atoms with Crippen LogP contribution in [0.25, 0.3) is 21.5 Å². The van der Waals surface area contributed by atoms with Crippen LogP contribution in [0.2, 0.25) is 0 Å². The van der Waals surface area contributed by atoms with E-state index < -0.39 is 20.2 Å². The van der Waals surface area contributed by atoms with Crippen LogP contribution < -0.4 is 0 Å². The predicted octanol–water partition coefficient (Wildman–Crippen LogP) is 17.8. The van der Waals surface area contributed by atoms with Crippen LogP contribution in [0.15, 0.2) is 70.5 Å². The third kappa shape index (κ3) is 25.3. The standard InChI is InChI=1S/2C30H48O3S.Ca/c2*1-3-5-7-9-11-13-15-17-20-26-24-25-29(34(31,32)33)30-27(22-19-23-28(26)30)21-18-16-14-12-10-8-6-4-2;/h2*19,22-25H,3-18,20-21H2,1-2H3,(H,31,32,33);/q;;+2/p-2. The molecule has 9 heteroatoms. The van der Waals surface area contributed by atoms with Gasteiger partial charge in [0.1, 0.15) is 20.2 Å². The Labute approximate surface area is 453 Å². The second-order valence-electron chi connectivity index (χ2n) is 19.9. The van der Waals surface area contributed by atoms with Gasteiger partial charge in [-0.25, -0.2) is 16.8 Å². The molecule has 4 rings (SSSR count). The fourth-order valence-electron chi connectivity index (χ4n) is 10.1. The topological polar surface area (TPSA) is 114 Å². The molecule has 0 N–H and O–H groups in total. The smallest absolute Gasteiger partial charge is 0.744 e. The average Bonchev–Trinajstić information content (AvgIpc) is 3.32. The summed E-state index contributed by atoms with van der Waals surface area (Å²) in [6.07, 6.45) is 43.7. The van der Waals surface area contributed by atoms with Crippen molar-refractivity contribution in [1.29, 1.82) is 0 Å². The second kappa shape index (κ2) is 38.1. The van der Waals surface area contributed by atoms with Crippen LogP contribution in [0.4, 0.5) is 0 Å². The summed E-state index contributed by atoms with van der Waals surface area (Å²) in [5.74, 6) is 0. The van der Waals surface area contributed by atoms with E-state index in [0.29, 0.717) is 10.8 Å². The maximum absolute atomic E-state index is 12.1. The van der Waals surface area contributed by atoms with Crippen LogP contribution >= 0.6 is 0 Å². The summed E-state index contributed by atoms with van der Waals surface area (Å²) in [5, 5.41) is 3.27. The van der Waals surface area contributed by atoms with Gasteiger partial charge < -0.3 is 9.11 Å². The predicted molar refractivity (Wildman–Crippen MR) is 295 cm³/mol. The van der Waals surface area contributed by atoms with Crippen molar-refractivity contribution in [3.63, 3.8) is 0 Å². The molecule has 0 atom stereocenters. The molecular weight excluding hydrogens is 921 g/mol. The number of hydrogen-bond acceptors (Lipinski definition) is 6. The summed E-state index contributed by atoms with van der Waals surface area (Å²) in [6.45, 7) is 8.96. The Morgan fingerprint density at radius 1 is 0.304 bits per heavy atom. The van der Waals surface area contributed by atoms with Gasteiger partial charge in [0.2, 0.25) is 0 Å². The van der Waals surface area contributed by atoms with E-state index in [9.17, 15) is 25.9 Å². The van der Waals surface area contributed by atoms with E-state index in [1.807, 2.05) is 48.5 Å². The molecule has 0 aliphatic heterocycles. The molecule has 0 saturated carbocycles. The molecule has 4 aromatic carbocycles. The molecule has 0 aliphatic carbocycles. The summed E-state index contributed by atoms with van der Waals surface area (Å²) in [5.41, 5.74) is 4.36. The summed E-state index contributed by atoms with van der Waals surface area (Å²) in [7, 11) is -9.01. The number of fused-ring (bicyclic) bond motifs is 2. The van der Waals surface area contributed by atoms with Gasteiger partial charge in [-0.15, -0.1) is 0 Å². The Morgan fingerprint density at radius 2 is 0.536 bits per heavy atom. The van der Waals surface area contributed by atoms with Crippen molar-refractivity contribution in [2.24, 2.45) is 0 Å². The molecule has 4 aromatic rings. The molecule has 0 heterocycles. The first kappa shape index (κ1) is 63.6. The molecule has 0 fully saturated rings. The Kier molecular flexibility index (Phi) is 35.1. The first-order chi connectivity index (χ1) is 33.0. The Bertz CT molecular complexity index is 2030. The first-order valence-electron chi connectivity index (χ1n) is 28.0. The van der Waals surface area contributed by atoms with Gasteiger partial charge in [-0.3, -0.25) is 0 Å². The molecular formula is C60H94CaO6S2. The van der Waals surface area contributed by atoms with Crippen LogP contribution in [-0.2, 0) is 45.9 Å². The van der Waals surface area contributed by atoms with Crippen molar-refractivity contribution >= 4 is 79.5 Å². The molecule has 0 aromatic heterocycles. The van der Waals surface area contributed by atoms with Gasteiger partial charge in [-0.05, 0) is 96.5 Å². The van der Waals surface area contributed by atoms with Crippen molar-refractivity contribution < 1.29 is 25.9 Å². The van der Waals surface area contributed by atoms with Gasteiger partial charge in [-0.1, -0.05) is 256 Å². The van der Waals surface area contributed by atoms with E-state index in [1.54, 1.807) is 12.1 Å². The Hall–Kier alpha value is -1.52. The molecule has 0 unspecified atom stereocenters. The molecule has 384 valence electrons. The first-order valence-corrected chi connectivity index (χ1v) is 30.8. The second-order valence-corrected chi connectivity index (χ2v) is 22.6. The van der Waals surface area contributed by atoms with E-state index in [4.69, 9.17) is 0 Å². The van der Waals surface area contributed by atoms with E-state index in [0.717, 1.165) is 86.1 Å². The van der Waals surface area contributed by atoms with Crippen LogP contribution in [0.1, 0.15) is 255 Å². The Balaban J connectivity index is 0.000000467. The van der Waals surface area contributed by atoms with E-state index in [2.05, 4.69) is 27.7 Å². The minimum absolute atomic E-state index is 0. The molecule has 6 nitrogen and oxygen atoms in total. The van der Waals surface area contributed by atoms with Crippen LogP contribution in [0.3, 0.4) is 0 Å². The van der Waals surface area contributed by atoms with Crippen LogP contribution in [0.5, 0.6) is 0 Å². The molecule has 0 saturated heterocycles. The summed E-state index contributed by atoms with van der Waals surface area (Å²) >= 11 is 0. The number of hydrogen-bond donors (Lipinski definition) is 0. The summed E-state index contributed by atoms with van der Waals surface area (Å²) in [4.78, 5) is -0.0883. The monoisotopic (exact) mass is 1010 g/mol. The van der Waals surface area contributed by atoms with Gasteiger partial charge >= 0.3 is 37.7 Å². The van der Waals surface area contributed by atoms with Gasteiger partial charge in [0, 0.05) is 10.8 Å².